The Morgan fingerprint density at radius 3 is 2.55 bits per heavy atom. The molecule has 6 heteroatoms. The van der Waals surface area contributed by atoms with Crippen molar-refractivity contribution in [1.29, 1.82) is 0 Å². The minimum absolute atomic E-state index is 0.0209. The summed E-state index contributed by atoms with van der Waals surface area (Å²) in [5, 5.41) is 11.9. The third kappa shape index (κ3) is 3.60. The van der Waals surface area contributed by atoms with Gasteiger partial charge < -0.3 is 24.2 Å². The summed E-state index contributed by atoms with van der Waals surface area (Å²) in [5.74, 6) is 0. The van der Waals surface area contributed by atoms with Crippen LogP contribution in [0.2, 0.25) is 0 Å². The van der Waals surface area contributed by atoms with Gasteiger partial charge in [-0.3, -0.25) is 4.79 Å². The van der Waals surface area contributed by atoms with Crippen molar-refractivity contribution in [2.45, 2.75) is 38.6 Å². The fraction of sp³-hybridized carbons (Fsp3) is 0.400. The van der Waals surface area contributed by atoms with Crippen LogP contribution in [-0.2, 0) is 11.3 Å². The zero-order chi connectivity index (χ0) is 21.4. The lowest BCUT2D eigenvalue weighted by Crippen LogP contribution is -2.37. The quantitative estimate of drug-likeness (QED) is 0.701. The average Bonchev–Trinajstić information content (AvgIpc) is 3.21. The molecule has 5 rings (SSSR count). The van der Waals surface area contributed by atoms with Crippen LogP contribution in [0.5, 0.6) is 0 Å². The summed E-state index contributed by atoms with van der Waals surface area (Å²) in [5.41, 5.74) is 4.12. The second-order valence-corrected chi connectivity index (χ2v) is 8.30. The van der Waals surface area contributed by atoms with E-state index in [9.17, 15) is 9.90 Å². The molecule has 0 radical (unpaired) electrons. The number of aliphatic hydroxyl groups excluding tert-OH is 1. The van der Waals surface area contributed by atoms with E-state index in [1.807, 2.05) is 29.7 Å². The first-order chi connectivity index (χ1) is 15.2. The molecule has 3 aromatic rings. The second-order valence-electron chi connectivity index (χ2n) is 8.30. The summed E-state index contributed by atoms with van der Waals surface area (Å²) >= 11 is 0. The monoisotopic (exact) mass is 419 g/mol. The maximum Gasteiger partial charge on any atom is 0.253 e. The lowest BCUT2D eigenvalue weighted by molar-refractivity contribution is 0.123. The van der Waals surface area contributed by atoms with E-state index in [-0.39, 0.29) is 11.6 Å². The summed E-state index contributed by atoms with van der Waals surface area (Å²) in [4.78, 5) is 17.2. The molecule has 0 saturated carbocycles. The van der Waals surface area contributed by atoms with Crippen LogP contribution in [0.4, 0.5) is 11.4 Å². The first-order valence-corrected chi connectivity index (χ1v) is 11.2. The standard InChI is InChI=1S/C25H29N3O3/c1-2-27-22-9-8-19(28-21(10-11-24(28)29)18-6-4-3-5-7-18)16-20(22)23(17-25(27)30)26-12-14-31-15-13-26/h3-9,16-17,21,24,29H,2,10-15H2,1H3/t21-,24?/m0/s1. The third-order valence-corrected chi connectivity index (χ3v) is 6.58. The van der Waals surface area contributed by atoms with Gasteiger partial charge in [0.25, 0.3) is 5.56 Å². The molecule has 0 spiro atoms. The molecule has 2 aliphatic rings. The molecule has 2 fully saturated rings. The third-order valence-electron chi connectivity index (χ3n) is 6.58. The van der Waals surface area contributed by atoms with Crippen LogP contribution in [0.15, 0.2) is 59.4 Å². The first-order valence-electron chi connectivity index (χ1n) is 11.2. The maximum absolute atomic E-state index is 12.8. The average molecular weight is 420 g/mol. The van der Waals surface area contributed by atoms with E-state index in [2.05, 4.69) is 40.1 Å². The molecular formula is C25H29N3O3. The van der Waals surface area contributed by atoms with Gasteiger partial charge in [-0.1, -0.05) is 30.3 Å². The Morgan fingerprint density at radius 1 is 1.03 bits per heavy atom. The molecule has 2 atom stereocenters. The van der Waals surface area contributed by atoms with Gasteiger partial charge in [0, 0.05) is 36.8 Å². The molecule has 2 saturated heterocycles. The van der Waals surface area contributed by atoms with E-state index in [0.29, 0.717) is 19.8 Å². The van der Waals surface area contributed by atoms with E-state index < -0.39 is 6.23 Å². The zero-order valence-electron chi connectivity index (χ0n) is 17.9. The fourth-order valence-corrected chi connectivity index (χ4v) is 5.06. The number of rotatable bonds is 4. The lowest BCUT2D eigenvalue weighted by atomic mass is 10.0. The minimum atomic E-state index is -0.522. The molecule has 0 amide bonds. The van der Waals surface area contributed by atoms with E-state index >= 15 is 0 Å². The van der Waals surface area contributed by atoms with Crippen LogP contribution in [-0.4, -0.2) is 42.2 Å². The smallest absolute Gasteiger partial charge is 0.253 e. The summed E-state index contributed by atoms with van der Waals surface area (Å²) < 4.78 is 7.34. The van der Waals surface area contributed by atoms with Crippen molar-refractivity contribution in [2.24, 2.45) is 0 Å². The van der Waals surface area contributed by atoms with Crippen LogP contribution in [0, 0.1) is 0 Å². The van der Waals surface area contributed by atoms with Gasteiger partial charge >= 0.3 is 0 Å². The van der Waals surface area contributed by atoms with Crippen molar-refractivity contribution in [2.75, 3.05) is 36.1 Å². The maximum atomic E-state index is 12.8. The number of aryl methyl sites for hydroxylation is 1. The number of hydrogen-bond donors (Lipinski definition) is 1. The highest BCUT2D eigenvalue weighted by Gasteiger charge is 2.33. The van der Waals surface area contributed by atoms with Crippen molar-refractivity contribution in [1.82, 2.24) is 4.57 Å². The zero-order valence-corrected chi connectivity index (χ0v) is 17.9. The highest BCUT2D eigenvalue weighted by atomic mass is 16.5. The van der Waals surface area contributed by atoms with Gasteiger partial charge in [0.05, 0.1) is 30.5 Å². The van der Waals surface area contributed by atoms with Gasteiger partial charge in [-0.05, 0) is 43.5 Å². The second kappa shape index (κ2) is 8.36. The normalized spacial score (nSPS) is 21.7. The highest BCUT2D eigenvalue weighted by molar-refractivity contribution is 5.94. The van der Waals surface area contributed by atoms with Crippen LogP contribution < -0.4 is 15.4 Å². The summed E-state index contributed by atoms with van der Waals surface area (Å²) in [6.07, 6.45) is 1.13. The number of pyridine rings is 1. The predicted molar refractivity (Wildman–Crippen MR) is 124 cm³/mol. The Hall–Kier alpha value is -2.83. The van der Waals surface area contributed by atoms with Crippen molar-refractivity contribution in [3.05, 3.63) is 70.5 Å². The van der Waals surface area contributed by atoms with Gasteiger partial charge in [-0.25, -0.2) is 0 Å². The topological polar surface area (TPSA) is 57.9 Å². The van der Waals surface area contributed by atoms with Gasteiger partial charge in [0.15, 0.2) is 0 Å². The highest BCUT2D eigenvalue weighted by Crippen LogP contribution is 2.41. The Kier molecular flexibility index (Phi) is 5.42. The van der Waals surface area contributed by atoms with Crippen LogP contribution in [0.3, 0.4) is 0 Å². The van der Waals surface area contributed by atoms with Gasteiger partial charge in [0.1, 0.15) is 6.23 Å². The van der Waals surface area contributed by atoms with Gasteiger partial charge in [-0.2, -0.15) is 0 Å². The summed E-state index contributed by atoms with van der Waals surface area (Å²) in [6.45, 7) is 5.50. The predicted octanol–water partition coefficient (Wildman–Crippen LogP) is 3.52. The molecule has 31 heavy (non-hydrogen) atoms. The molecule has 1 unspecified atom stereocenters. The van der Waals surface area contributed by atoms with E-state index in [1.54, 1.807) is 6.07 Å². The van der Waals surface area contributed by atoms with Crippen molar-refractivity contribution in [3.63, 3.8) is 0 Å². The fourth-order valence-electron chi connectivity index (χ4n) is 5.06. The molecule has 1 N–H and O–H groups in total. The van der Waals surface area contributed by atoms with Crippen LogP contribution >= 0.6 is 0 Å². The number of anilines is 2. The number of aromatic nitrogens is 1. The van der Waals surface area contributed by atoms with Crippen molar-refractivity contribution >= 4 is 22.3 Å². The Morgan fingerprint density at radius 2 is 1.81 bits per heavy atom. The SMILES string of the molecule is CCn1c(=O)cc(N2CCOCC2)c2cc(N3C(O)CC[C@H]3c3ccccc3)ccc21. The number of aliphatic hydroxyl groups is 1. The molecule has 162 valence electrons. The Bertz CT molecular complexity index is 1120. The molecule has 1 aromatic heterocycles. The largest absolute Gasteiger partial charge is 0.378 e. The number of hydrogen-bond acceptors (Lipinski definition) is 5. The van der Waals surface area contributed by atoms with Crippen LogP contribution in [0.25, 0.3) is 10.9 Å². The number of ether oxygens (including phenoxy) is 1. The molecular weight excluding hydrogens is 390 g/mol. The summed E-state index contributed by atoms with van der Waals surface area (Å²) in [6, 6.07) is 18.5. The van der Waals surface area contributed by atoms with E-state index in [0.717, 1.165) is 48.2 Å². The molecule has 0 bridgehead atoms. The van der Waals surface area contributed by atoms with Crippen molar-refractivity contribution < 1.29 is 9.84 Å². The van der Waals surface area contributed by atoms with Crippen LogP contribution in [0.1, 0.15) is 31.4 Å². The van der Waals surface area contributed by atoms with Gasteiger partial charge in [-0.15, -0.1) is 0 Å². The molecule has 2 aliphatic heterocycles. The lowest BCUT2D eigenvalue weighted by Gasteiger charge is -2.32. The molecule has 2 aromatic carbocycles. The minimum Gasteiger partial charge on any atom is -0.378 e. The number of morpholine rings is 1. The molecule has 6 nitrogen and oxygen atoms in total. The van der Waals surface area contributed by atoms with Crippen molar-refractivity contribution in [3.8, 4) is 0 Å². The number of nitrogens with zero attached hydrogens (tertiary/aromatic N) is 3. The number of fused-ring (bicyclic) bond motifs is 1. The van der Waals surface area contributed by atoms with Gasteiger partial charge in [0.2, 0.25) is 0 Å². The van der Waals surface area contributed by atoms with E-state index in [1.165, 1.54) is 5.56 Å². The number of benzene rings is 2. The first kappa shape index (κ1) is 20.1. The Balaban J connectivity index is 1.64. The summed E-state index contributed by atoms with van der Waals surface area (Å²) in [7, 11) is 0. The molecule has 3 heterocycles. The Labute approximate surface area is 182 Å². The van der Waals surface area contributed by atoms with E-state index in [4.69, 9.17) is 4.74 Å². The molecule has 0 aliphatic carbocycles.